The van der Waals surface area contributed by atoms with Crippen LogP contribution in [0.2, 0.25) is 4.34 Å². The highest BCUT2D eigenvalue weighted by Gasteiger charge is 2.11. The monoisotopic (exact) mass is 261 g/mol. The van der Waals surface area contributed by atoms with Gasteiger partial charge < -0.3 is 10.0 Å². The molecular weight excluding hydrogens is 250 g/mol. The van der Waals surface area contributed by atoms with E-state index >= 15 is 0 Å². The molecule has 0 atom stereocenters. The Labute approximate surface area is 102 Å². The zero-order valence-electron chi connectivity index (χ0n) is 8.77. The van der Waals surface area contributed by atoms with Crippen molar-refractivity contribution in [3.63, 3.8) is 0 Å². The van der Waals surface area contributed by atoms with Crippen molar-refractivity contribution in [1.82, 2.24) is 4.90 Å². The predicted molar refractivity (Wildman–Crippen MR) is 62.7 cm³/mol. The van der Waals surface area contributed by atoms with Gasteiger partial charge in [-0.2, -0.15) is 0 Å². The van der Waals surface area contributed by atoms with Gasteiger partial charge >= 0.3 is 5.97 Å². The quantitative estimate of drug-likeness (QED) is 0.884. The van der Waals surface area contributed by atoms with E-state index in [-0.39, 0.29) is 18.7 Å². The summed E-state index contributed by atoms with van der Waals surface area (Å²) in [5.74, 6) is -1.13. The van der Waals surface area contributed by atoms with Crippen molar-refractivity contribution in [2.24, 2.45) is 0 Å². The van der Waals surface area contributed by atoms with Crippen LogP contribution in [0.5, 0.6) is 0 Å². The fraction of sp³-hybridized carbons (Fsp3) is 0.400. The van der Waals surface area contributed by atoms with Crippen LogP contribution in [-0.4, -0.2) is 28.9 Å². The number of rotatable bonds is 5. The maximum Gasteiger partial charge on any atom is 0.303 e. The third kappa shape index (κ3) is 4.20. The molecule has 1 heterocycles. The Morgan fingerprint density at radius 2 is 2.12 bits per heavy atom. The minimum absolute atomic E-state index is 0.0327. The van der Waals surface area contributed by atoms with Gasteiger partial charge in [0.1, 0.15) is 0 Å². The molecule has 0 aliphatic rings. The molecule has 1 amide bonds. The summed E-state index contributed by atoms with van der Waals surface area (Å²) < 4.78 is 0.682. The van der Waals surface area contributed by atoms with E-state index in [4.69, 9.17) is 16.7 Å². The Morgan fingerprint density at radius 3 is 2.62 bits per heavy atom. The van der Waals surface area contributed by atoms with Crippen molar-refractivity contribution >= 4 is 34.8 Å². The minimum atomic E-state index is -0.957. The summed E-state index contributed by atoms with van der Waals surface area (Å²) in [7, 11) is 1.65. The summed E-state index contributed by atoms with van der Waals surface area (Å²) in [5, 5.41) is 8.45. The van der Waals surface area contributed by atoms with Gasteiger partial charge in [0.25, 0.3) is 0 Å². The van der Waals surface area contributed by atoms with Crippen molar-refractivity contribution < 1.29 is 14.7 Å². The second-order valence-corrected chi connectivity index (χ2v) is 5.15. The molecule has 1 aromatic heterocycles. The van der Waals surface area contributed by atoms with E-state index < -0.39 is 5.97 Å². The largest absolute Gasteiger partial charge is 0.481 e. The van der Waals surface area contributed by atoms with E-state index in [9.17, 15) is 9.59 Å². The van der Waals surface area contributed by atoms with Crippen molar-refractivity contribution in [2.45, 2.75) is 19.4 Å². The standard InChI is InChI=1S/C10H12ClNO3S/c1-12(9(13)4-5-10(14)15)6-7-2-3-8(11)16-7/h2-3H,4-6H2,1H3,(H,14,15). The number of carboxylic acids is 1. The van der Waals surface area contributed by atoms with Crippen LogP contribution >= 0.6 is 22.9 Å². The van der Waals surface area contributed by atoms with E-state index in [1.807, 2.05) is 6.07 Å². The van der Waals surface area contributed by atoms with Gasteiger partial charge in [-0.1, -0.05) is 11.6 Å². The van der Waals surface area contributed by atoms with Gasteiger partial charge in [-0.05, 0) is 12.1 Å². The van der Waals surface area contributed by atoms with Crippen LogP contribution < -0.4 is 0 Å². The first-order valence-corrected chi connectivity index (χ1v) is 5.88. The normalized spacial score (nSPS) is 10.1. The molecule has 1 N–H and O–H groups in total. The summed E-state index contributed by atoms with van der Waals surface area (Å²) >= 11 is 7.18. The van der Waals surface area contributed by atoms with Crippen molar-refractivity contribution in [1.29, 1.82) is 0 Å². The molecule has 1 aromatic rings. The highest BCUT2D eigenvalue weighted by Crippen LogP contribution is 2.22. The van der Waals surface area contributed by atoms with Crippen molar-refractivity contribution in [2.75, 3.05) is 7.05 Å². The maximum atomic E-state index is 11.5. The van der Waals surface area contributed by atoms with Crippen LogP contribution in [0.3, 0.4) is 0 Å². The molecule has 6 heteroatoms. The number of amides is 1. The number of thiophene rings is 1. The lowest BCUT2D eigenvalue weighted by molar-refractivity contribution is -0.140. The average Bonchev–Trinajstić information content (AvgIpc) is 2.60. The van der Waals surface area contributed by atoms with Crippen LogP contribution in [0.15, 0.2) is 12.1 Å². The zero-order valence-corrected chi connectivity index (χ0v) is 10.3. The summed E-state index contributed by atoms with van der Waals surface area (Å²) in [6, 6.07) is 3.63. The Hall–Kier alpha value is -1.07. The average molecular weight is 262 g/mol. The second-order valence-electron chi connectivity index (χ2n) is 3.35. The molecule has 16 heavy (non-hydrogen) atoms. The molecule has 0 spiro atoms. The molecule has 0 bridgehead atoms. The number of carboxylic acid groups (broad SMARTS) is 1. The van der Waals surface area contributed by atoms with Gasteiger partial charge in [-0.15, -0.1) is 11.3 Å². The van der Waals surface area contributed by atoms with E-state index in [1.54, 1.807) is 13.1 Å². The summed E-state index contributed by atoms with van der Waals surface area (Å²) in [6.07, 6.45) is -0.0979. The molecule has 0 unspecified atom stereocenters. The second kappa shape index (κ2) is 5.86. The van der Waals surface area contributed by atoms with Crippen LogP contribution in [0.25, 0.3) is 0 Å². The molecular formula is C10H12ClNO3S. The van der Waals surface area contributed by atoms with Crippen molar-refractivity contribution in [3.05, 3.63) is 21.3 Å². The first-order chi connectivity index (χ1) is 7.49. The molecule has 0 aromatic carbocycles. The number of hydrogen-bond acceptors (Lipinski definition) is 3. The van der Waals surface area contributed by atoms with Crippen LogP contribution in [0, 0.1) is 0 Å². The Balaban J connectivity index is 2.42. The van der Waals surface area contributed by atoms with Crippen LogP contribution in [0.4, 0.5) is 0 Å². The first kappa shape index (κ1) is 13.0. The number of hydrogen-bond donors (Lipinski definition) is 1. The van der Waals surface area contributed by atoms with Gasteiger partial charge in [-0.3, -0.25) is 9.59 Å². The SMILES string of the molecule is CN(Cc1ccc(Cl)s1)C(=O)CCC(=O)O. The van der Waals surface area contributed by atoms with E-state index in [2.05, 4.69) is 0 Å². The Bertz CT molecular complexity index is 391. The number of carbonyl (C=O) groups excluding carboxylic acids is 1. The molecule has 0 saturated heterocycles. The number of carbonyl (C=O) groups is 2. The van der Waals surface area contributed by atoms with E-state index in [0.29, 0.717) is 10.9 Å². The number of aliphatic carboxylic acids is 1. The lowest BCUT2D eigenvalue weighted by Gasteiger charge is -2.15. The molecule has 0 fully saturated rings. The summed E-state index contributed by atoms with van der Waals surface area (Å²) in [5.41, 5.74) is 0. The summed E-state index contributed by atoms with van der Waals surface area (Å²) in [6.45, 7) is 0.468. The lowest BCUT2D eigenvalue weighted by atomic mass is 10.3. The molecule has 88 valence electrons. The molecule has 0 aliphatic heterocycles. The smallest absolute Gasteiger partial charge is 0.303 e. The fourth-order valence-electron chi connectivity index (χ4n) is 1.16. The topological polar surface area (TPSA) is 57.6 Å². The molecule has 0 aliphatic carbocycles. The van der Waals surface area contributed by atoms with Gasteiger partial charge in [0.2, 0.25) is 5.91 Å². The molecule has 0 radical (unpaired) electrons. The highest BCUT2D eigenvalue weighted by atomic mass is 35.5. The Kier molecular flexibility index (Phi) is 4.76. The Morgan fingerprint density at radius 1 is 1.44 bits per heavy atom. The molecule has 1 rings (SSSR count). The van der Waals surface area contributed by atoms with Crippen LogP contribution in [-0.2, 0) is 16.1 Å². The van der Waals surface area contributed by atoms with Crippen LogP contribution in [0.1, 0.15) is 17.7 Å². The number of nitrogens with zero attached hydrogens (tertiary/aromatic N) is 1. The maximum absolute atomic E-state index is 11.5. The highest BCUT2D eigenvalue weighted by molar-refractivity contribution is 7.16. The fourth-order valence-corrected chi connectivity index (χ4v) is 2.30. The number of halogens is 1. The van der Waals surface area contributed by atoms with Crippen molar-refractivity contribution in [3.8, 4) is 0 Å². The van der Waals surface area contributed by atoms with E-state index in [1.165, 1.54) is 16.2 Å². The molecule has 0 saturated carbocycles. The predicted octanol–water partition coefficient (Wildman–Crippen LogP) is 2.22. The third-order valence-electron chi connectivity index (χ3n) is 2.00. The van der Waals surface area contributed by atoms with Gasteiger partial charge in [0.15, 0.2) is 0 Å². The molecule has 4 nitrogen and oxygen atoms in total. The third-order valence-corrected chi connectivity index (χ3v) is 3.22. The first-order valence-electron chi connectivity index (χ1n) is 4.69. The zero-order chi connectivity index (χ0) is 12.1. The lowest BCUT2D eigenvalue weighted by Crippen LogP contribution is -2.26. The van der Waals surface area contributed by atoms with E-state index in [0.717, 1.165) is 4.88 Å². The van der Waals surface area contributed by atoms with Gasteiger partial charge in [0, 0.05) is 18.3 Å². The minimum Gasteiger partial charge on any atom is -0.481 e. The van der Waals surface area contributed by atoms with Gasteiger partial charge in [0.05, 0.1) is 17.3 Å². The van der Waals surface area contributed by atoms with Gasteiger partial charge in [-0.25, -0.2) is 0 Å². The summed E-state index contributed by atoms with van der Waals surface area (Å²) in [4.78, 5) is 24.3.